The van der Waals surface area contributed by atoms with E-state index < -0.39 is 4.92 Å². The molecular weight excluding hydrogens is 369 g/mol. The summed E-state index contributed by atoms with van der Waals surface area (Å²) in [4.78, 5) is 27.3. The highest BCUT2D eigenvalue weighted by Crippen LogP contribution is 2.24. The Morgan fingerprint density at radius 2 is 2.00 bits per heavy atom. The summed E-state index contributed by atoms with van der Waals surface area (Å²) in [5.41, 5.74) is 2.20. The first-order valence-electron chi connectivity index (χ1n) is 8.18. The molecule has 27 heavy (non-hydrogen) atoms. The zero-order chi connectivity index (χ0) is 19.4. The molecule has 0 unspecified atom stereocenters. The molecule has 0 bridgehead atoms. The molecule has 0 spiro atoms. The fourth-order valence-electron chi connectivity index (χ4n) is 2.61. The van der Waals surface area contributed by atoms with Crippen molar-refractivity contribution in [2.75, 3.05) is 6.54 Å². The lowest BCUT2D eigenvalue weighted by Crippen LogP contribution is -2.26. The van der Waals surface area contributed by atoms with Crippen LogP contribution in [0.5, 0.6) is 0 Å². The first-order valence-corrected chi connectivity index (χ1v) is 9.06. The molecule has 1 N–H and O–H groups in total. The smallest absolute Gasteiger partial charge is 0.273 e. The molecule has 1 amide bonds. The number of thiazole rings is 1. The number of rotatable bonds is 6. The summed E-state index contributed by atoms with van der Waals surface area (Å²) in [6.07, 6.45) is 0.525. The van der Waals surface area contributed by atoms with Crippen molar-refractivity contribution in [3.63, 3.8) is 0 Å². The Morgan fingerprint density at radius 1 is 1.26 bits per heavy atom. The molecule has 2 aromatic carbocycles. The van der Waals surface area contributed by atoms with E-state index >= 15 is 0 Å². The van der Waals surface area contributed by atoms with E-state index in [0.717, 1.165) is 16.3 Å². The minimum Gasteiger partial charge on any atom is -0.352 e. The maximum absolute atomic E-state index is 13.0. The third kappa shape index (κ3) is 4.35. The van der Waals surface area contributed by atoms with E-state index in [4.69, 9.17) is 0 Å². The number of nitro groups is 1. The number of benzene rings is 2. The van der Waals surface area contributed by atoms with E-state index in [0.29, 0.717) is 18.5 Å². The van der Waals surface area contributed by atoms with Crippen LogP contribution in [0.3, 0.4) is 0 Å². The zero-order valence-corrected chi connectivity index (χ0v) is 15.3. The molecule has 0 aliphatic carbocycles. The standard InChI is InChI=1S/C19H16FN3O3S/c1-12-16(3-2-4-17(12)23(25)26)18(24)21-10-9-15-11-27-19(22-15)13-5-7-14(20)8-6-13/h2-8,11H,9-10H2,1H3,(H,21,24). The van der Waals surface area contributed by atoms with Gasteiger partial charge >= 0.3 is 0 Å². The quantitative estimate of drug-likeness (QED) is 0.510. The lowest BCUT2D eigenvalue weighted by Gasteiger charge is -2.07. The second kappa shape index (κ2) is 8.05. The maximum Gasteiger partial charge on any atom is 0.273 e. The highest BCUT2D eigenvalue weighted by atomic mass is 32.1. The molecule has 0 fully saturated rings. The first-order chi connectivity index (χ1) is 13.0. The van der Waals surface area contributed by atoms with Crippen LogP contribution in [0, 0.1) is 22.9 Å². The summed E-state index contributed by atoms with van der Waals surface area (Å²) >= 11 is 1.45. The van der Waals surface area contributed by atoms with E-state index in [-0.39, 0.29) is 23.0 Å². The number of aromatic nitrogens is 1. The van der Waals surface area contributed by atoms with E-state index in [1.807, 2.05) is 5.38 Å². The van der Waals surface area contributed by atoms with Gasteiger partial charge in [0.2, 0.25) is 0 Å². The Kier molecular flexibility index (Phi) is 5.56. The predicted molar refractivity (Wildman–Crippen MR) is 101 cm³/mol. The van der Waals surface area contributed by atoms with Gasteiger partial charge in [-0.05, 0) is 37.3 Å². The van der Waals surface area contributed by atoms with Crippen molar-refractivity contribution in [2.24, 2.45) is 0 Å². The van der Waals surface area contributed by atoms with Gasteiger partial charge in [0, 0.05) is 41.1 Å². The molecule has 3 aromatic rings. The summed E-state index contributed by atoms with van der Waals surface area (Å²) in [6.45, 7) is 1.91. The second-order valence-corrected chi connectivity index (χ2v) is 6.72. The summed E-state index contributed by atoms with van der Waals surface area (Å²) in [6, 6.07) is 10.5. The number of halogens is 1. The Morgan fingerprint density at radius 3 is 2.70 bits per heavy atom. The van der Waals surface area contributed by atoms with Gasteiger partial charge in [-0.1, -0.05) is 6.07 Å². The topological polar surface area (TPSA) is 85.1 Å². The van der Waals surface area contributed by atoms with Gasteiger partial charge < -0.3 is 5.32 Å². The maximum atomic E-state index is 13.0. The number of nitrogens with zero attached hydrogens (tertiary/aromatic N) is 2. The summed E-state index contributed by atoms with van der Waals surface area (Å²) < 4.78 is 13.0. The number of nitro benzene ring substituents is 1. The third-order valence-electron chi connectivity index (χ3n) is 4.06. The van der Waals surface area contributed by atoms with Crippen molar-refractivity contribution < 1.29 is 14.1 Å². The SMILES string of the molecule is Cc1c(C(=O)NCCc2csc(-c3ccc(F)cc3)n2)cccc1[N+](=O)[O-]. The number of amides is 1. The van der Waals surface area contributed by atoms with Crippen LogP contribution in [0.25, 0.3) is 10.6 Å². The normalized spacial score (nSPS) is 10.6. The van der Waals surface area contributed by atoms with Crippen LogP contribution in [0.2, 0.25) is 0 Å². The van der Waals surface area contributed by atoms with E-state index in [2.05, 4.69) is 10.3 Å². The van der Waals surface area contributed by atoms with Gasteiger partial charge in [-0.2, -0.15) is 0 Å². The number of hydrogen-bond donors (Lipinski definition) is 1. The number of nitrogens with one attached hydrogen (secondary N) is 1. The van der Waals surface area contributed by atoms with Gasteiger partial charge in [0.05, 0.1) is 10.6 Å². The van der Waals surface area contributed by atoms with Crippen LogP contribution < -0.4 is 5.32 Å². The molecule has 1 aromatic heterocycles. The lowest BCUT2D eigenvalue weighted by molar-refractivity contribution is -0.385. The molecule has 0 saturated heterocycles. The molecule has 0 radical (unpaired) electrons. The average Bonchev–Trinajstić information content (AvgIpc) is 3.11. The van der Waals surface area contributed by atoms with Crippen molar-refractivity contribution in [3.05, 3.63) is 80.6 Å². The summed E-state index contributed by atoms with van der Waals surface area (Å²) in [5.74, 6) is -0.653. The Balaban J connectivity index is 1.60. The molecule has 3 rings (SSSR count). The van der Waals surface area contributed by atoms with Crippen molar-refractivity contribution >= 4 is 22.9 Å². The van der Waals surface area contributed by atoms with Crippen molar-refractivity contribution in [3.8, 4) is 10.6 Å². The number of carbonyl (C=O) groups is 1. The highest BCUT2D eigenvalue weighted by Gasteiger charge is 2.17. The first kappa shape index (κ1) is 18.7. The third-order valence-corrected chi connectivity index (χ3v) is 5.00. The molecule has 0 aliphatic rings. The van der Waals surface area contributed by atoms with Gasteiger partial charge in [-0.15, -0.1) is 11.3 Å². The average molecular weight is 385 g/mol. The van der Waals surface area contributed by atoms with E-state index in [9.17, 15) is 19.3 Å². The van der Waals surface area contributed by atoms with Crippen LogP contribution in [-0.2, 0) is 6.42 Å². The van der Waals surface area contributed by atoms with Crippen LogP contribution in [0.1, 0.15) is 21.6 Å². The molecular formula is C19H16FN3O3S. The van der Waals surface area contributed by atoms with Crippen LogP contribution in [0.4, 0.5) is 10.1 Å². The van der Waals surface area contributed by atoms with Gasteiger partial charge in [-0.25, -0.2) is 9.37 Å². The number of carbonyl (C=O) groups excluding carboxylic acids is 1. The van der Waals surface area contributed by atoms with Crippen molar-refractivity contribution in [2.45, 2.75) is 13.3 Å². The van der Waals surface area contributed by atoms with Crippen molar-refractivity contribution in [1.82, 2.24) is 10.3 Å². The predicted octanol–water partition coefficient (Wildman–Crippen LogP) is 4.14. The monoisotopic (exact) mass is 385 g/mol. The molecule has 0 atom stereocenters. The van der Waals surface area contributed by atoms with Gasteiger partial charge in [-0.3, -0.25) is 14.9 Å². The molecule has 138 valence electrons. The van der Waals surface area contributed by atoms with Gasteiger partial charge in [0.15, 0.2) is 0 Å². The van der Waals surface area contributed by atoms with Crippen LogP contribution in [-0.4, -0.2) is 22.4 Å². The lowest BCUT2D eigenvalue weighted by atomic mass is 10.1. The zero-order valence-electron chi connectivity index (χ0n) is 14.4. The summed E-state index contributed by atoms with van der Waals surface area (Å²) in [7, 11) is 0. The van der Waals surface area contributed by atoms with Gasteiger partial charge in [0.1, 0.15) is 10.8 Å². The Bertz CT molecular complexity index is 986. The fourth-order valence-corrected chi connectivity index (χ4v) is 3.47. The van der Waals surface area contributed by atoms with E-state index in [1.165, 1.54) is 35.6 Å². The number of hydrogen-bond acceptors (Lipinski definition) is 5. The highest BCUT2D eigenvalue weighted by molar-refractivity contribution is 7.13. The molecule has 0 saturated carbocycles. The second-order valence-electron chi connectivity index (χ2n) is 5.86. The van der Waals surface area contributed by atoms with Crippen LogP contribution >= 0.6 is 11.3 Å². The minimum absolute atomic E-state index is 0.0777. The fraction of sp³-hybridized carbons (Fsp3) is 0.158. The Labute approximate surface area is 158 Å². The van der Waals surface area contributed by atoms with E-state index in [1.54, 1.807) is 25.1 Å². The largest absolute Gasteiger partial charge is 0.352 e. The van der Waals surface area contributed by atoms with Crippen molar-refractivity contribution in [1.29, 1.82) is 0 Å². The molecule has 0 aliphatic heterocycles. The Hall–Kier alpha value is -3.13. The molecule has 6 nitrogen and oxygen atoms in total. The molecule has 8 heteroatoms. The van der Waals surface area contributed by atoms with Gasteiger partial charge in [0.25, 0.3) is 11.6 Å². The molecule has 1 heterocycles. The van der Waals surface area contributed by atoms with Crippen LogP contribution in [0.15, 0.2) is 47.8 Å². The minimum atomic E-state index is -0.502. The summed E-state index contributed by atoms with van der Waals surface area (Å²) in [5, 5.41) is 16.4.